The van der Waals surface area contributed by atoms with Crippen LogP contribution in [0.3, 0.4) is 0 Å². The van der Waals surface area contributed by atoms with Crippen molar-refractivity contribution in [2.24, 2.45) is 10.7 Å². The van der Waals surface area contributed by atoms with Crippen LogP contribution in [-0.2, 0) is 11.2 Å². The van der Waals surface area contributed by atoms with Gasteiger partial charge in [0.25, 0.3) is 6.02 Å². The van der Waals surface area contributed by atoms with Crippen molar-refractivity contribution < 1.29 is 9.47 Å². The van der Waals surface area contributed by atoms with Gasteiger partial charge >= 0.3 is 0 Å². The van der Waals surface area contributed by atoms with Gasteiger partial charge in [0, 0.05) is 6.42 Å². The Morgan fingerprint density at radius 2 is 2.25 bits per heavy atom. The maximum Gasteiger partial charge on any atom is 0.282 e. The fourth-order valence-electron chi connectivity index (χ4n) is 1.91. The third-order valence-electron chi connectivity index (χ3n) is 2.67. The molecule has 4 nitrogen and oxygen atoms in total. The molecule has 1 heterocycles. The van der Waals surface area contributed by atoms with Crippen LogP contribution < -0.4 is 10.5 Å². The fraction of sp³-hybridized carbons (Fsp3) is 0.417. The molecule has 1 unspecified atom stereocenters. The minimum Gasteiger partial charge on any atom is -0.496 e. The summed E-state index contributed by atoms with van der Waals surface area (Å²) in [5.41, 5.74) is 6.37. The van der Waals surface area contributed by atoms with Crippen LogP contribution in [0.1, 0.15) is 12.5 Å². The van der Waals surface area contributed by atoms with E-state index in [9.17, 15) is 0 Å². The van der Waals surface area contributed by atoms with Crippen LogP contribution in [0.15, 0.2) is 29.3 Å². The van der Waals surface area contributed by atoms with Crippen LogP contribution in [-0.4, -0.2) is 25.3 Å². The molecule has 0 radical (unpaired) electrons. The topological polar surface area (TPSA) is 56.8 Å². The van der Waals surface area contributed by atoms with Crippen molar-refractivity contribution in [2.45, 2.75) is 18.9 Å². The number of nitrogens with two attached hydrogens (primary N) is 1. The van der Waals surface area contributed by atoms with Gasteiger partial charge in [-0.3, -0.25) is 0 Å². The number of rotatable bonds is 3. The molecule has 2 N–H and O–H groups in total. The Balaban J connectivity index is 2.21. The zero-order valence-electron chi connectivity index (χ0n) is 9.56. The monoisotopic (exact) mass is 220 g/mol. The average molecular weight is 220 g/mol. The smallest absolute Gasteiger partial charge is 0.282 e. The summed E-state index contributed by atoms with van der Waals surface area (Å²) in [6.45, 7) is 2.55. The summed E-state index contributed by atoms with van der Waals surface area (Å²) in [6, 6.07) is 8.20. The minimum absolute atomic E-state index is 0.275. The second kappa shape index (κ2) is 4.04. The van der Waals surface area contributed by atoms with E-state index in [2.05, 4.69) is 4.99 Å². The molecule has 2 rings (SSSR count). The maximum absolute atomic E-state index is 5.53. The van der Waals surface area contributed by atoms with E-state index in [0.717, 1.165) is 17.7 Å². The van der Waals surface area contributed by atoms with E-state index in [0.29, 0.717) is 6.61 Å². The van der Waals surface area contributed by atoms with Crippen molar-refractivity contribution in [1.82, 2.24) is 0 Å². The van der Waals surface area contributed by atoms with Gasteiger partial charge in [-0.2, -0.15) is 0 Å². The molecular weight excluding hydrogens is 204 g/mol. The quantitative estimate of drug-likeness (QED) is 0.836. The highest BCUT2D eigenvalue weighted by molar-refractivity contribution is 5.73. The first kappa shape index (κ1) is 10.8. The Kier molecular flexibility index (Phi) is 2.73. The van der Waals surface area contributed by atoms with Gasteiger partial charge in [0.05, 0.1) is 7.11 Å². The van der Waals surface area contributed by atoms with Gasteiger partial charge in [-0.05, 0) is 18.6 Å². The lowest BCUT2D eigenvalue weighted by Crippen LogP contribution is -2.26. The molecule has 0 aromatic heterocycles. The lowest BCUT2D eigenvalue weighted by atomic mass is 9.94. The lowest BCUT2D eigenvalue weighted by Gasteiger charge is -2.19. The molecule has 0 fully saturated rings. The van der Waals surface area contributed by atoms with E-state index in [-0.39, 0.29) is 11.6 Å². The van der Waals surface area contributed by atoms with Crippen molar-refractivity contribution in [3.63, 3.8) is 0 Å². The van der Waals surface area contributed by atoms with E-state index < -0.39 is 0 Å². The van der Waals surface area contributed by atoms with E-state index >= 15 is 0 Å². The van der Waals surface area contributed by atoms with Crippen LogP contribution in [0.4, 0.5) is 0 Å². The molecule has 0 saturated heterocycles. The summed E-state index contributed by atoms with van der Waals surface area (Å²) in [5, 5.41) is 0. The Hall–Kier alpha value is -1.71. The molecule has 0 saturated carbocycles. The molecular formula is C12H16N2O2. The van der Waals surface area contributed by atoms with Crippen molar-refractivity contribution in [1.29, 1.82) is 0 Å². The number of hydrogen-bond donors (Lipinski definition) is 1. The van der Waals surface area contributed by atoms with Crippen LogP contribution >= 0.6 is 0 Å². The van der Waals surface area contributed by atoms with Crippen LogP contribution in [0, 0.1) is 0 Å². The number of nitrogens with zero attached hydrogens (tertiary/aromatic N) is 1. The Morgan fingerprint density at radius 1 is 1.50 bits per heavy atom. The highest BCUT2D eigenvalue weighted by Gasteiger charge is 2.31. The first-order valence-electron chi connectivity index (χ1n) is 5.23. The number of aliphatic imine (C=N–C) groups is 1. The molecule has 0 bridgehead atoms. The number of amidine groups is 1. The fourth-order valence-corrected chi connectivity index (χ4v) is 1.91. The van der Waals surface area contributed by atoms with Gasteiger partial charge in [0.2, 0.25) is 0 Å². The molecule has 1 aliphatic rings. The third-order valence-corrected chi connectivity index (χ3v) is 2.67. The molecule has 0 spiro atoms. The van der Waals surface area contributed by atoms with Crippen LogP contribution in [0.5, 0.6) is 5.75 Å². The largest absolute Gasteiger partial charge is 0.496 e. The van der Waals surface area contributed by atoms with Gasteiger partial charge in [0.1, 0.15) is 17.9 Å². The number of para-hydroxylation sites is 1. The van der Waals surface area contributed by atoms with E-state index in [4.69, 9.17) is 15.2 Å². The zero-order valence-corrected chi connectivity index (χ0v) is 9.56. The summed E-state index contributed by atoms with van der Waals surface area (Å²) in [4.78, 5) is 4.31. The first-order chi connectivity index (χ1) is 7.63. The van der Waals surface area contributed by atoms with Crippen molar-refractivity contribution in [3.05, 3.63) is 29.8 Å². The van der Waals surface area contributed by atoms with Gasteiger partial charge < -0.3 is 15.2 Å². The molecule has 0 aliphatic carbocycles. The summed E-state index contributed by atoms with van der Waals surface area (Å²) >= 11 is 0. The van der Waals surface area contributed by atoms with Gasteiger partial charge in [-0.15, -0.1) is 0 Å². The van der Waals surface area contributed by atoms with Crippen molar-refractivity contribution in [2.75, 3.05) is 13.7 Å². The highest BCUT2D eigenvalue weighted by Crippen LogP contribution is 2.27. The normalized spacial score (nSPS) is 23.8. The molecule has 1 aromatic rings. The third kappa shape index (κ3) is 2.10. The molecule has 0 amide bonds. The number of methoxy groups -OCH3 is 1. The maximum atomic E-state index is 5.53. The predicted molar refractivity (Wildman–Crippen MR) is 62.7 cm³/mol. The number of benzene rings is 1. The second-order valence-corrected chi connectivity index (χ2v) is 4.22. The van der Waals surface area contributed by atoms with E-state index in [1.165, 1.54) is 0 Å². The Labute approximate surface area is 95.1 Å². The number of ether oxygens (including phenoxy) is 2. The molecule has 86 valence electrons. The van der Waals surface area contributed by atoms with Crippen molar-refractivity contribution in [3.8, 4) is 5.75 Å². The molecule has 16 heavy (non-hydrogen) atoms. The average Bonchev–Trinajstić information content (AvgIpc) is 2.59. The minimum atomic E-state index is -0.279. The number of hydrogen-bond acceptors (Lipinski definition) is 4. The lowest BCUT2D eigenvalue weighted by molar-refractivity contribution is 0.262. The molecule has 1 aliphatic heterocycles. The van der Waals surface area contributed by atoms with Crippen molar-refractivity contribution >= 4 is 6.02 Å². The van der Waals surface area contributed by atoms with Gasteiger partial charge in [-0.25, -0.2) is 4.99 Å². The summed E-state index contributed by atoms with van der Waals surface area (Å²) in [7, 11) is 1.67. The standard InChI is InChI=1S/C12H16N2O2/c1-12(8-16-11(13)14-12)7-9-5-3-4-6-10(9)15-2/h3-6H,7-8H2,1-2H3,(H2,13,14). The summed E-state index contributed by atoms with van der Waals surface area (Å²) in [5.74, 6) is 0.879. The molecule has 4 heteroatoms. The zero-order chi connectivity index (χ0) is 11.6. The first-order valence-corrected chi connectivity index (χ1v) is 5.23. The van der Waals surface area contributed by atoms with Gasteiger partial charge in [-0.1, -0.05) is 18.2 Å². The van der Waals surface area contributed by atoms with E-state index in [1.54, 1.807) is 7.11 Å². The SMILES string of the molecule is COc1ccccc1CC1(C)COC(N)=N1. The van der Waals surface area contributed by atoms with Gasteiger partial charge in [0.15, 0.2) is 0 Å². The Bertz CT molecular complexity index is 417. The highest BCUT2D eigenvalue weighted by atomic mass is 16.5. The summed E-state index contributed by atoms with van der Waals surface area (Å²) < 4.78 is 10.5. The predicted octanol–water partition coefficient (Wildman–Crippen LogP) is 1.34. The van der Waals surface area contributed by atoms with Crippen LogP contribution in [0.2, 0.25) is 0 Å². The van der Waals surface area contributed by atoms with Crippen LogP contribution in [0.25, 0.3) is 0 Å². The summed E-state index contributed by atoms with van der Waals surface area (Å²) in [6.07, 6.45) is 0.762. The molecule has 1 aromatic carbocycles. The Morgan fingerprint density at radius 3 is 2.88 bits per heavy atom. The molecule has 1 atom stereocenters. The second-order valence-electron chi connectivity index (χ2n) is 4.22. The van der Waals surface area contributed by atoms with E-state index in [1.807, 2.05) is 31.2 Å².